The van der Waals surface area contributed by atoms with Crippen molar-refractivity contribution in [1.82, 2.24) is 14.5 Å². The molecule has 0 atom stereocenters. The summed E-state index contributed by atoms with van der Waals surface area (Å²) in [6.07, 6.45) is 0. The highest BCUT2D eigenvalue weighted by Gasteiger charge is 2.15. The maximum absolute atomic E-state index is 13.8. The topological polar surface area (TPSA) is 78.0 Å². The number of pyridine rings is 1. The number of imidazole rings is 1. The van der Waals surface area contributed by atoms with Gasteiger partial charge in [0.2, 0.25) is 0 Å². The second-order valence-corrected chi connectivity index (χ2v) is 6.25. The molecule has 0 fully saturated rings. The van der Waals surface area contributed by atoms with Gasteiger partial charge in [-0.25, -0.2) is 18.7 Å². The molecule has 0 aliphatic carbocycles. The third-order valence-corrected chi connectivity index (χ3v) is 4.29. The Balaban J connectivity index is 1.78. The molecule has 0 bridgehead atoms. The van der Waals surface area contributed by atoms with Crippen LogP contribution < -0.4 is 15.8 Å². The molecule has 0 amide bonds. The molecule has 2 aromatic carbocycles. The van der Waals surface area contributed by atoms with Crippen LogP contribution in [0.5, 0.6) is 5.75 Å². The van der Waals surface area contributed by atoms with Crippen molar-refractivity contribution in [2.24, 2.45) is 0 Å². The first-order valence-electron chi connectivity index (χ1n) is 8.48. The van der Waals surface area contributed by atoms with E-state index in [0.717, 1.165) is 23.6 Å². The molecule has 0 aliphatic heterocycles. The van der Waals surface area contributed by atoms with Crippen LogP contribution in [0.1, 0.15) is 5.82 Å². The van der Waals surface area contributed by atoms with Gasteiger partial charge in [-0.15, -0.1) is 0 Å². The van der Waals surface area contributed by atoms with Crippen LogP contribution in [-0.4, -0.2) is 21.6 Å². The largest absolute Gasteiger partial charge is 0.497 e. The molecule has 142 valence electrons. The van der Waals surface area contributed by atoms with Crippen molar-refractivity contribution in [1.29, 1.82) is 0 Å². The van der Waals surface area contributed by atoms with Crippen molar-refractivity contribution < 1.29 is 13.5 Å². The van der Waals surface area contributed by atoms with E-state index in [0.29, 0.717) is 34.2 Å². The number of anilines is 3. The summed E-state index contributed by atoms with van der Waals surface area (Å²) in [6.45, 7) is 1.73. The second kappa shape index (κ2) is 6.80. The van der Waals surface area contributed by atoms with Gasteiger partial charge in [0, 0.05) is 35.6 Å². The normalized spacial score (nSPS) is 11.0. The molecule has 0 spiro atoms. The van der Waals surface area contributed by atoms with E-state index >= 15 is 0 Å². The van der Waals surface area contributed by atoms with Gasteiger partial charge in [0.05, 0.1) is 18.1 Å². The molecule has 4 aromatic rings. The molecule has 0 unspecified atom stereocenters. The number of aryl methyl sites for hydroxylation is 1. The molecule has 0 radical (unpaired) electrons. The highest BCUT2D eigenvalue weighted by molar-refractivity contribution is 5.78. The van der Waals surface area contributed by atoms with Crippen LogP contribution in [0.15, 0.2) is 48.5 Å². The first-order chi connectivity index (χ1) is 13.4. The van der Waals surface area contributed by atoms with Gasteiger partial charge in [-0.1, -0.05) is 0 Å². The number of aromatic nitrogens is 3. The van der Waals surface area contributed by atoms with E-state index in [-0.39, 0.29) is 0 Å². The van der Waals surface area contributed by atoms with E-state index in [9.17, 15) is 8.78 Å². The lowest BCUT2D eigenvalue weighted by Gasteiger charge is -2.12. The lowest BCUT2D eigenvalue weighted by molar-refractivity contribution is 0.415. The predicted molar refractivity (Wildman–Crippen MR) is 104 cm³/mol. The van der Waals surface area contributed by atoms with Crippen molar-refractivity contribution in [2.75, 3.05) is 18.2 Å². The number of ether oxygens (including phenoxy) is 1. The summed E-state index contributed by atoms with van der Waals surface area (Å²) in [4.78, 5) is 8.86. The molecular formula is C20H17F2N5O. The van der Waals surface area contributed by atoms with E-state index < -0.39 is 11.6 Å². The van der Waals surface area contributed by atoms with Crippen molar-refractivity contribution in [3.8, 4) is 11.6 Å². The third-order valence-electron chi connectivity index (χ3n) is 4.29. The minimum Gasteiger partial charge on any atom is -0.497 e. The molecule has 6 nitrogen and oxygen atoms in total. The Bertz CT molecular complexity index is 1170. The molecule has 0 aliphatic rings. The number of nitrogen functional groups attached to an aromatic ring is 1. The summed E-state index contributed by atoms with van der Waals surface area (Å²) in [5, 5.41) is 3.17. The van der Waals surface area contributed by atoms with E-state index in [1.54, 1.807) is 30.7 Å². The number of halogens is 2. The molecule has 2 heterocycles. The number of nitrogens with two attached hydrogens (primary N) is 1. The number of nitrogens with zero attached hydrogens (tertiary/aromatic N) is 3. The van der Waals surface area contributed by atoms with Crippen LogP contribution in [0, 0.1) is 18.6 Å². The zero-order valence-electron chi connectivity index (χ0n) is 15.2. The third kappa shape index (κ3) is 3.20. The van der Waals surface area contributed by atoms with Crippen molar-refractivity contribution in [2.45, 2.75) is 6.92 Å². The molecule has 28 heavy (non-hydrogen) atoms. The first kappa shape index (κ1) is 17.7. The first-order valence-corrected chi connectivity index (χ1v) is 8.48. The molecule has 8 heteroatoms. The lowest BCUT2D eigenvalue weighted by Crippen LogP contribution is -2.04. The summed E-state index contributed by atoms with van der Waals surface area (Å²) < 4.78 is 34.1. The number of hydrogen-bond donors (Lipinski definition) is 2. The smallest absolute Gasteiger partial charge is 0.161 e. The number of hydrogen-bond acceptors (Lipinski definition) is 5. The minimum atomic E-state index is -0.950. The minimum absolute atomic E-state index is 0.338. The van der Waals surface area contributed by atoms with Crippen LogP contribution in [0.4, 0.5) is 26.0 Å². The van der Waals surface area contributed by atoms with Crippen molar-refractivity contribution >= 4 is 28.2 Å². The fourth-order valence-corrected chi connectivity index (χ4v) is 3.02. The van der Waals surface area contributed by atoms with Crippen LogP contribution in [0.3, 0.4) is 0 Å². The summed E-state index contributed by atoms with van der Waals surface area (Å²) in [7, 11) is 1.60. The Hall–Kier alpha value is -3.68. The number of fused-ring (bicyclic) bond motifs is 1. The zero-order valence-corrected chi connectivity index (χ0v) is 15.2. The van der Waals surface area contributed by atoms with Crippen LogP contribution in [-0.2, 0) is 0 Å². The highest BCUT2D eigenvalue weighted by Crippen LogP contribution is 2.26. The van der Waals surface area contributed by atoms with Crippen LogP contribution in [0.2, 0.25) is 0 Å². The van der Waals surface area contributed by atoms with Gasteiger partial charge in [0.15, 0.2) is 11.6 Å². The van der Waals surface area contributed by atoms with Gasteiger partial charge in [-0.3, -0.25) is 4.57 Å². The van der Waals surface area contributed by atoms with Gasteiger partial charge in [0.1, 0.15) is 23.2 Å². The number of rotatable bonds is 4. The molecule has 2 aromatic heterocycles. The summed E-state index contributed by atoms with van der Waals surface area (Å²) in [6, 6.07) is 12.8. The lowest BCUT2D eigenvalue weighted by atomic mass is 10.3. The number of benzene rings is 2. The molecule has 4 rings (SSSR count). The molecule has 3 N–H and O–H groups in total. The summed E-state index contributed by atoms with van der Waals surface area (Å²) in [5.74, 6) is 0.328. The Labute approximate surface area is 159 Å². The SMILES string of the molecule is COc1ccc(Nc2cc(N)cc(-n3c(C)nc4cc(F)c(F)cc43)n2)cc1. The van der Waals surface area contributed by atoms with Gasteiger partial charge in [-0.05, 0) is 31.2 Å². The Kier molecular flexibility index (Phi) is 4.31. The summed E-state index contributed by atoms with van der Waals surface area (Å²) >= 11 is 0. The summed E-state index contributed by atoms with van der Waals surface area (Å²) in [5.41, 5.74) is 8.05. The average molecular weight is 381 g/mol. The van der Waals surface area contributed by atoms with Crippen molar-refractivity contribution in [3.63, 3.8) is 0 Å². The quantitative estimate of drug-likeness (QED) is 0.550. The van der Waals surface area contributed by atoms with Gasteiger partial charge in [-0.2, -0.15) is 0 Å². The van der Waals surface area contributed by atoms with Gasteiger partial charge in [0.25, 0.3) is 0 Å². The van der Waals surface area contributed by atoms with Crippen LogP contribution in [0.25, 0.3) is 16.9 Å². The second-order valence-electron chi connectivity index (χ2n) is 6.25. The van der Waals surface area contributed by atoms with Gasteiger partial charge < -0.3 is 15.8 Å². The fourth-order valence-electron chi connectivity index (χ4n) is 3.02. The fraction of sp³-hybridized carbons (Fsp3) is 0.100. The zero-order chi connectivity index (χ0) is 19.8. The predicted octanol–water partition coefficient (Wildman–Crippen LogP) is 4.34. The number of nitrogens with one attached hydrogen (secondary N) is 1. The van der Waals surface area contributed by atoms with E-state index in [1.165, 1.54) is 0 Å². The maximum atomic E-state index is 13.8. The van der Waals surface area contributed by atoms with Crippen LogP contribution >= 0.6 is 0 Å². The monoisotopic (exact) mass is 381 g/mol. The van der Waals surface area contributed by atoms with E-state index in [1.807, 2.05) is 24.3 Å². The van der Waals surface area contributed by atoms with E-state index in [4.69, 9.17) is 10.5 Å². The average Bonchev–Trinajstić information content (AvgIpc) is 2.97. The number of methoxy groups -OCH3 is 1. The standard InChI is InChI=1S/C20H17F2N5O/c1-11-24-17-9-15(21)16(22)10-18(17)27(11)20-8-12(23)7-19(26-20)25-13-3-5-14(28-2)6-4-13/h3-10H,1-2H3,(H3,23,25,26). The van der Waals surface area contributed by atoms with Crippen molar-refractivity contribution in [3.05, 3.63) is 66.0 Å². The highest BCUT2D eigenvalue weighted by atomic mass is 19.2. The Morgan fingerprint density at radius 2 is 1.71 bits per heavy atom. The Morgan fingerprint density at radius 3 is 2.43 bits per heavy atom. The van der Waals surface area contributed by atoms with Gasteiger partial charge >= 0.3 is 0 Å². The molecule has 0 saturated heterocycles. The maximum Gasteiger partial charge on any atom is 0.161 e. The molecule has 0 saturated carbocycles. The Morgan fingerprint density at radius 1 is 1.00 bits per heavy atom. The molecular weight excluding hydrogens is 364 g/mol. The van der Waals surface area contributed by atoms with E-state index in [2.05, 4.69) is 15.3 Å².